The van der Waals surface area contributed by atoms with Gasteiger partial charge in [-0.1, -0.05) is 6.42 Å². The number of rotatable bonds is 4. The fourth-order valence-corrected chi connectivity index (χ4v) is 2.06. The van der Waals surface area contributed by atoms with Crippen LogP contribution in [0.15, 0.2) is 0 Å². The van der Waals surface area contributed by atoms with Crippen LogP contribution in [0.5, 0.6) is 0 Å². The van der Waals surface area contributed by atoms with Crippen LogP contribution in [-0.2, 0) is 0 Å². The lowest BCUT2D eigenvalue weighted by Crippen LogP contribution is -2.39. The zero-order chi connectivity index (χ0) is 11.3. The monoisotopic (exact) mass is 225 g/mol. The van der Waals surface area contributed by atoms with Gasteiger partial charge in [-0.3, -0.25) is 0 Å². The van der Waals surface area contributed by atoms with E-state index in [9.17, 15) is 13.2 Å². The second-order valence-corrected chi connectivity index (χ2v) is 4.13. The lowest BCUT2D eigenvalue weighted by molar-refractivity contribution is -0.183. The highest BCUT2D eigenvalue weighted by Crippen LogP contribution is 2.37. The highest BCUT2D eigenvalue weighted by Gasteiger charge is 2.41. The van der Waals surface area contributed by atoms with Gasteiger partial charge >= 0.3 is 6.18 Å². The van der Waals surface area contributed by atoms with E-state index in [4.69, 9.17) is 5.11 Å². The van der Waals surface area contributed by atoms with Crippen molar-refractivity contribution in [2.45, 2.75) is 44.3 Å². The van der Waals surface area contributed by atoms with E-state index < -0.39 is 12.1 Å². The summed E-state index contributed by atoms with van der Waals surface area (Å²) in [5.41, 5.74) is 0. The number of alkyl halides is 3. The van der Waals surface area contributed by atoms with Gasteiger partial charge in [0.2, 0.25) is 0 Å². The summed E-state index contributed by atoms with van der Waals surface area (Å²) in [6, 6.07) is -0.0306. The van der Waals surface area contributed by atoms with Gasteiger partial charge in [-0.25, -0.2) is 0 Å². The molecule has 0 amide bonds. The van der Waals surface area contributed by atoms with E-state index in [1.165, 1.54) is 0 Å². The minimum Gasteiger partial charge on any atom is -0.396 e. The molecule has 2 N–H and O–H groups in total. The molecule has 2 nitrogen and oxygen atoms in total. The summed E-state index contributed by atoms with van der Waals surface area (Å²) in [5.74, 6) is -1.14. The molecule has 1 saturated carbocycles. The third-order valence-electron chi connectivity index (χ3n) is 2.91. The summed E-state index contributed by atoms with van der Waals surface area (Å²) in [4.78, 5) is 0. The van der Waals surface area contributed by atoms with Gasteiger partial charge in [-0.15, -0.1) is 0 Å². The first-order valence-electron chi connectivity index (χ1n) is 5.45. The van der Waals surface area contributed by atoms with Gasteiger partial charge < -0.3 is 10.4 Å². The number of hydrogen-bond acceptors (Lipinski definition) is 2. The molecule has 0 spiro atoms. The molecule has 1 rings (SSSR count). The van der Waals surface area contributed by atoms with Gasteiger partial charge in [0.15, 0.2) is 0 Å². The van der Waals surface area contributed by atoms with E-state index >= 15 is 0 Å². The van der Waals surface area contributed by atoms with Crippen molar-refractivity contribution in [2.24, 2.45) is 5.92 Å². The van der Waals surface area contributed by atoms with Gasteiger partial charge in [-0.2, -0.15) is 13.2 Å². The Labute approximate surface area is 87.9 Å². The van der Waals surface area contributed by atoms with Crippen LogP contribution in [-0.4, -0.2) is 30.5 Å². The molecule has 0 bridgehead atoms. The molecule has 0 aromatic carbocycles. The minimum absolute atomic E-state index is 0.0306. The maximum atomic E-state index is 12.4. The van der Waals surface area contributed by atoms with Crippen molar-refractivity contribution >= 4 is 0 Å². The predicted octanol–water partition coefficient (Wildman–Crippen LogP) is 2.08. The van der Waals surface area contributed by atoms with Crippen molar-refractivity contribution in [1.82, 2.24) is 5.32 Å². The average molecular weight is 225 g/mol. The largest absolute Gasteiger partial charge is 0.396 e. The van der Waals surface area contributed by atoms with Crippen LogP contribution in [0.25, 0.3) is 0 Å². The topological polar surface area (TPSA) is 32.3 Å². The number of aliphatic hydroxyl groups excluding tert-OH is 1. The molecule has 0 aromatic heterocycles. The molecule has 15 heavy (non-hydrogen) atoms. The third kappa shape index (κ3) is 4.38. The average Bonchev–Trinajstić information content (AvgIpc) is 2.17. The van der Waals surface area contributed by atoms with Crippen molar-refractivity contribution in [3.05, 3.63) is 0 Å². The summed E-state index contributed by atoms with van der Waals surface area (Å²) in [6.45, 7) is 0.689. The van der Waals surface area contributed by atoms with Gasteiger partial charge in [-0.05, 0) is 32.2 Å². The predicted molar refractivity (Wildman–Crippen MR) is 51.5 cm³/mol. The molecule has 0 aliphatic heterocycles. The van der Waals surface area contributed by atoms with Gasteiger partial charge in [0.1, 0.15) is 0 Å². The first-order valence-corrected chi connectivity index (χ1v) is 5.45. The molecule has 2 atom stereocenters. The van der Waals surface area contributed by atoms with Crippen LogP contribution in [0, 0.1) is 5.92 Å². The Kier molecular flexibility index (Phi) is 4.86. The van der Waals surface area contributed by atoms with Gasteiger partial charge in [0.25, 0.3) is 0 Å². The normalized spacial score (nSPS) is 28.0. The summed E-state index contributed by atoms with van der Waals surface area (Å²) in [5, 5.41) is 11.6. The summed E-state index contributed by atoms with van der Waals surface area (Å²) in [7, 11) is 0. The number of halogens is 3. The van der Waals surface area contributed by atoms with E-state index in [2.05, 4.69) is 5.32 Å². The molecule has 1 fully saturated rings. The lowest BCUT2D eigenvalue weighted by atomic mass is 9.85. The number of nitrogens with one attached hydrogen (secondary N) is 1. The second-order valence-electron chi connectivity index (χ2n) is 4.13. The Hall–Kier alpha value is -0.290. The van der Waals surface area contributed by atoms with Crippen molar-refractivity contribution in [3.63, 3.8) is 0 Å². The molecule has 90 valence electrons. The quantitative estimate of drug-likeness (QED) is 0.718. The molecular formula is C10H18F3NO. The van der Waals surface area contributed by atoms with Crippen molar-refractivity contribution in [1.29, 1.82) is 0 Å². The SMILES string of the molecule is OCCCNC1CCCC(C(F)(F)F)C1. The van der Waals surface area contributed by atoms with E-state index in [1.54, 1.807) is 0 Å². The Bertz CT molecular complexity index is 184. The van der Waals surface area contributed by atoms with Crippen LogP contribution in [0.2, 0.25) is 0 Å². The van der Waals surface area contributed by atoms with E-state index in [1.807, 2.05) is 0 Å². The van der Waals surface area contributed by atoms with Crippen LogP contribution in [0.4, 0.5) is 13.2 Å². The highest BCUT2D eigenvalue weighted by atomic mass is 19.4. The Balaban J connectivity index is 2.29. The van der Waals surface area contributed by atoms with Gasteiger partial charge in [0.05, 0.1) is 5.92 Å². The van der Waals surface area contributed by atoms with Crippen molar-refractivity contribution < 1.29 is 18.3 Å². The molecule has 0 aromatic rings. The third-order valence-corrected chi connectivity index (χ3v) is 2.91. The molecule has 1 aliphatic carbocycles. The Morgan fingerprint density at radius 1 is 1.27 bits per heavy atom. The van der Waals surface area contributed by atoms with E-state index in [0.717, 1.165) is 6.42 Å². The molecule has 5 heteroatoms. The fourth-order valence-electron chi connectivity index (χ4n) is 2.06. The second kappa shape index (κ2) is 5.70. The molecule has 0 radical (unpaired) electrons. The summed E-state index contributed by atoms with van der Waals surface area (Å²) >= 11 is 0. The van der Waals surface area contributed by atoms with Crippen LogP contribution < -0.4 is 5.32 Å². The zero-order valence-corrected chi connectivity index (χ0v) is 8.69. The van der Waals surface area contributed by atoms with E-state index in [-0.39, 0.29) is 25.5 Å². The number of hydrogen-bond donors (Lipinski definition) is 2. The Morgan fingerprint density at radius 3 is 2.60 bits per heavy atom. The molecule has 2 unspecified atom stereocenters. The molecule has 1 aliphatic rings. The maximum Gasteiger partial charge on any atom is 0.391 e. The van der Waals surface area contributed by atoms with Crippen molar-refractivity contribution in [2.75, 3.05) is 13.2 Å². The first kappa shape index (κ1) is 12.8. The fraction of sp³-hybridized carbons (Fsp3) is 1.00. The van der Waals surface area contributed by atoms with E-state index in [0.29, 0.717) is 19.4 Å². The van der Waals surface area contributed by atoms with Crippen LogP contribution in [0.1, 0.15) is 32.1 Å². The van der Waals surface area contributed by atoms with Crippen LogP contribution >= 0.6 is 0 Å². The summed E-state index contributed by atoms with van der Waals surface area (Å²) < 4.78 is 37.3. The summed E-state index contributed by atoms with van der Waals surface area (Å²) in [6.07, 6.45) is -1.53. The van der Waals surface area contributed by atoms with Crippen LogP contribution in [0.3, 0.4) is 0 Å². The Morgan fingerprint density at radius 2 is 2.00 bits per heavy atom. The van der Waals surface area contributed by atoms with Gasteiger partial charge in [0, 0.05) is 12.6 Å². The molecule has 0 saturated heterocycles. The number of aliphatic hydroxyl groups is 1. The highest BCUT2D eigenvalue weighted by molar-refractivity contribution is 4.81. The van der Waals surface area contributed by atoms with Crippen molar-refractivity contribution in [3.8, 4) is 0 Å². The first-order chi connectivity index (χ1) is 7.04. The molecule has 0 heterocycles. The lowest BCUT2D eigenvalue weighted by Gasteiger charge is -2.31. The molecular weight excluding hydrogens is 207 g/mol. The smallest absolute Gasteiger partial charge is 0.391 e. The standard InChI is InChI=1S/C10H18F3NO/c11-10(12,13)8-3-1-4-9(7-8)14-5-2-6-15/h8-9,14-15H,1-7H2. The zero-order valence-electron chi connectivity index (χ0n) is 8.69. The maximum absolute atomic E-state index is 12.4. The minimum atomic E-state index is -4.04.